The van der Waals surface area contributed by atoms with E-state index in [2.05, 4.69) is 58.4 Å². The van der Waals surface area contributed by atoms with Crippen LogP contribution in [0.25, 0.3) is 0 Å². The maximum Gasteiger partial charge on any atom is 0.223 e. The van der Waals surface area contributed by atoms with E-state index in [9.17, 15) is 0 Å². The van der Waals surface area contributed by atoms with E-state index < -0.39 is 0 Å². The SMILES string of the molecule is CN=C(NCCN(C(C)C)C(C)C)NCc1noc(C)n1.I. The lowest BCUT2D eigenvalue weighted by atomic mass is 10.2. The van der Waals surface area contributed by atoms with Crippen LogP contribution in [0.3, 0.4) is 0 Å². The van der Waals surface area contributed by atoms with Crippen LogP contribution in [0.4, 0.5) is 0 Å². The van der Waals surface area contributed by atoms with Crippen LogP contribution in [0.15, 0.2) is 9.52 Å². The van der Waals surface area contributed by atoms with Gasteiger partial charge in [-0.3, -0.25) is 9.89 Å². The molecule has 128 valence electrons. The summed E-state index contributed by atoms with van der Waals surface area (Å²) in [6.07, 6.45) is 0. The molecule has 0 spiro atoms. The molecule has 2 N–H and O–H groups in total. The van der Waals surface area contributed by atoms with Gasteiger partial charge in [-0.05, 0) is 27.7 Å². The van der Waals surface area contributed by atoms with Crippen LogP contribution >= 0.6 is 24.0 Å². The van der Waals surface area contributed by atoms with Crippen molar-refractivity contribution in [3.05, 3.63) is 11.7 Å². The Balaban J connectivity index is 0.00000441. The molecule has 0 aliphatic heterocycles. The van der Waals surface area contributed by atoms with Crippen molar-refractivity contribution in [1.29, 1.82) is 0 Å². The molecule has 0 amide bonds. The highest BCUT2D eigenvalue weighted by molar-refractivity contribution is 14.0. The van der Waals surface area contributed by atoms with Crippen LogP contribution in [0.5, 0.6) is 0 Å². The summed E-state index contributed by atoms with van der Waals surface area (Å²) in [5.41, 5.74) is 0. The standard InChI is InChI=1S/C14H28N6O.HI/c1-10(2)20(11(3)4)8-7-16-14(15-6)17-9-13-18-12(5)21-19-13;/h10-11H,7-9H2,1-6H3,(H2,15,16,17);1H. The van der Waals surface area contributed by atoms with E-state index in [1.807, 2.05) is 0 Å². The number of nitrogens with zero attached hydrogens (tertiary/aromatic N) is 4. The highest BCUT2D eigenvalue weighted by Crippen LogP contribution is 2.03. The Labute approximate surface area is 150 Å². The third-order valence-corrected chi connectivity index (χ3v) is 3.20. The van der Waals surface area contributed by atoms with Crippen LogP contribution in [-0.4, -0.2) is 53.2 Å². The van der Waals surface area contributed by atoms with Crippen LogP contribution in [0.1, 0.15) is 39.4 Å². The quantitative estimate of drug-likeness (QED) is 0.395. The van der Waals surface area contributed by atoms with Gasteiger partial charge in [-0.2, -0.15) is 4.98 Å². The summed E-state index contributed by atoms with van der Waals surface area (Å²) in [5.74, 6) is 1.94. The summed E-state index contributed by atoms with van der Waals surface area (Å²) < 4.78 is 4.93. The second kappa shape index (κ2) is 10.8. The number of nitrogens with one attached hydrogen (secondary N) is 2. The predicted molar refractivity (Wildman–Crippen MR) is 99.6 cm³/mol. The largest absolute Gasteiger partial charge is 0.355 e. The first kappa shape index (κ1) is 21.1. The van der Waals surface area contributed by atoms with E-state index >= 15 is 0 Å². The monoisotopic (exact) mass is 424 g/mol. The van der Waals surface area contributed by atoms with E-state index in [1.165, 1.54) is 0 Å². The first-order valence-electron chi connectivity index (χ1n) is 7.43. The predicted octanol–water partition coefficient (Wildman–Crippen LogP) is 1.78. The van der Waals surface area contributed by atoms with Crippen molar-refractivity contribution in [2.75, 3.05) is 20.1 Å². The van der Waals surface area contributed by atoms with Gasteiger partial charge < -0.3 is 15.2 Å². The molecular weight excluding hydrogens is 395 g/mol. The molecule has 1 heterocycles. The smallest absolute Gasteiger partial charge is 0.223 e. The van der Waals surface area contributed by atoms with Crippen molar-refractivity contribution in [2.24, 2.45) is 4.99 Å². The highest BCUT2D eigenvalue weighted by Gasteiger charge is 2.12. The van der Waals surface area contributed by atoms with Crippen molar-refractivity contribution in [2.45, 2.75) is 53.2 Å². The van der Waals surface area contributed by atoms with Crippen LogP contribution in [0.2, 0.25) is 0 Å². The Morgan fingerprint density at radius 1 is 1.23 bits per heavy atom. The lowest BCUT2D eigenvalue weighted by Gasteiger charge is -2.30. The number of hydrogen-bond donors (Lipinski definition) is 2. The van der Waals surface area contributed by atoms with Gasteiger partial charge >= 0.3 is 0 Å². The molecule has 0 saturated heterocycles. The molecule has 0 radical (unpaired) electrons. The third kappa shape index (κ3) is 7.39. The van der Waals surface area contributed by atoms with Gasteiger partial charge in [0.1, 0.15) is 0 Å². The Morgan fingerprint density at radius 2 is 1.86 bits per heavy atom. The number of rotatable bonds is 7. The number of halogens is 1. The molecule has 0 fully saturated rings. The molecule has 0 aliphatic rings. The number of aliphatic imine (C=N–C) groups is 1. The topological polar surface area (TPSA) is 78.6 Å². The minimum absolute atomic E-state index is 0. The lowest BCUT2D eigenvalue weighted by molar-refractivity contribution is 0.178. The van der Waals surface area contributed by atoms with Gasteiger partial charge in [0.15, 0.2) is 11.8 Å². The molecular formula is C14H29IN6O. The summed E-state index contributed by atoms with van der Waals surface area (Å²) in [5, 5.41) is 10.3. The Kier molecular flexibility index (Phi) is 10.3. The molecule has 0 bridgehead atoms. The lowest BCUT2D eigenvalue weighted by Crippen LogP contribution is -2.45. The number of aromatic nitrogens is 2. The normalized spacial score (nSPS) is 12.0. The molecule has 1 rings (SSSR count). The minimum atomic E-state index is 0. The fourth-order valence-electron chi connectivity index (χ4n) is 2.21. The van der Waals surface area contributed by atoms with Crippen molar-refractivity contribution in [1.82, 2.24) is 25.7 Å². The fraction of sp³-hybridized carbons (Fsp3) is 0.786. The van der Waals surface area contributed by atoms with E-state index in [0.717, 1.165) is 19.0 Å². The maximum absolute atomic E-state index is 4.93. The molecule has 0 aliphatic carbocycles. The summed E-state index contributed by atoms with van der Waals surface area (Å²) in [6, 6.07) is 1.06. The molecule has 0 saturated carbocycles. The molecule has 0 aromatic carbocycles. The molecule has 0 atom stereocenters. The maximum atomic E-state index is 4.93. The first-order chi connectivity index (χ1) is 9.93. The Morgan fingerprint density at radius 3 is 2.32 bits per heavy atom. The third-order valence-electron chi connectivity index (χ3n) is 3.20. The van der Waals surface area contributed by atoms with Crippen molar-refractivity contribution < 1.29 is 4.52 Å². The van der Waals surface area contributed by atoms with Gasteiger partial charge in [-0.25, -0.2) is 0 Å². The number of aryl methyl sites for hydroxylation is 1. The number of hydrogen-bond acceptors (Lipinski definition) is 5. The van der Waals surface area contributed by atoms with Gasteiger partial charge in [0, 0.05) is 39.1 Å². The van der Waals surface area contributed by atoms with Gasteiger partial charge in [-0.15, -0.1) is 24.0 Å². The fourth-order valence-corrected chi connectivity index (χ4v) is 2.21. The summed E-state index contributed by atoms with van der Waals surface area (Å²) in [6.45, 7) is 12.9. The van der Waals surface area contributed by atoms with Crippen molar-refractivity contribution in [3.63, 3.8) is 0 Å². The van der Waals surface area contributed by atoms with E-state index in [4.69, 9.17) is 4.52 Å². The summed E-state index contributed by atoms with van der Waals surface area (Å²) in [7, 11) is 1.75. The van der Waals surface area contributed by atoms with E-state index in [-0.39, 0.29) is 24.0 Å². The molecule has 0 unspecified atom stereocenters. The Bertz CT molecular complexity index is 438. The average Bonchev–Trinajstić information content (AvgIpc) is 2.82. The summed E-state index contributed by atoms with van der Waals surface area (Å²) in [4.78, 5) is 10.8. The Hall–Kier alpha value is -0.900. The van der Waals surface area contributed by atoms with Crippen molar-refractivity contribution >= 4 is 29.9 Å². The molecule has 7 nitrogen and oxygen atoms in total. The van der Waals surface area contributed by atoms with Gasteiger partial charge in [-0.1, -0.05) is 5.16 Å². The van der Waals surface area contributed by atoms with Gasteiger partial charge in [0.05, 0.1) is 6.54 Å². The van der Waals surface area contributed by atoms with Crippen LogP contribution in [-0.2, 0) is 6.54 Å². The summed E-state index contributed by atoms with van der Waals surface area (Å²) >= 11 is 0. The molecule has 1 aromatic rings. The molecule has 1 aromatic heterocycles. The zero-order valence-electron chi connectivity index (χ0n) is 14.4. The highest BCUT2D eigenvalue weighted by atomic mass is 127. The zero-order valence-corrected chi connectivity index (χ0v) is 16.7. The molecule has 22 heavy (non-hydrogen) atoms. The van der Waals surface area contributed by atoms with Gasteiger partial charge in [0.25, 0.3) is 0 Å². The van der Waals surface area contributed by atoms with E-state index in [1.54, 1.807) is 14.0 Å². The second-order valence-corrected chi connectivity index (χ2v) is 5.51. The number of guanidine groups is 1. The van der Waals surface area contributed by atoms with Gasteiger partial charge in [0.2, 0.25) is 5.89 Å². The second-order valence-electron chi connectivity index (χ2n) is 5.51. The van der Waals surface area contributed by atoms with Crippen LogP contribution < -0.4 is 10.6 Å². The van der Waals surface area contributed by atoms with E-state index in [0.29, 0.717) is 30.3 Å². The molecule has 8 heteroatoms. The first-order valence-corrected chi connectivity index (χ1v) is 7.43. The average molecular weight is 424 g/mol. The van der Waals surface area contributed by atoms with Crippen LogP contribution in [0, 0.1) is 6.92 Å². The van der Waals surface area contributed by atoms with Crippen molar-refractivity contribution in [3.8, 4) is 0 Å². The minimum Gasteiger partial charge on any atom is -0.355 e. The zero-order chi connectivity index (χ0) is 15.8.